The Labute approximate surface area is 177 Å². The zero-order valence-electron chi connectivity index (χ0n) is 17.3. The van der Waals surface area contributed by atoms with Crippen molar-refractivity contribution >= 4 is 28.3 Å². The minimum Gasteiger partial charge on any atom is -0.357 e. The Kier molecular flexibility index (Phi) is 6.28. The number of hydrogen-bond donors (Lipinski definition) is 3. The Hall–Kier alpha value is -3.34. The first-order valence-electron chi connectivity index (χ1n) is 10.6. The van der Waals surface area contributed by atoms with Gasteiger partial charge in [0.05, 0.1) is 6.54 Å². The van der Waals surface area contributed by atoms with E-state index < -0.39 is 0 Å². The molecule has 0 fully saturated rings. The van der Waals surface area contributed by atoms with Crippen LogP contribution in [-0.4, -0.2) is 31.5 Å². The molecule has 0 saturated heterocycles. The van der Waals surface area contributed by atoms with E-state index in [4.69, 9.17) is 4.99 Å². The van der Waals surface area contributed by atoms with Gasteiger partial charge >= 0.3 is 0 Å². The molecule has 1 aliphatic rings. The van der Waals surface area contributed by atoms with Crippen molar-refractivity contribution < 1.29 is 4.79 Å². The van der Waals surface area contributed by atoms with E-state index >= 15 is 0 Å². The third kappa shape index (κ3) is 4.79. The van der Waals surface area contributed by atoms with Gasteiger partial charge in [0.25, 0.3) is 0 Å². The summed E-state index contributed by atoms with van der Waals surface area (Å²) in [5.41, 5.74) is 3.37. The Balaban J connectivity index is 1.38. The van der Waals surface area contributed by atoms with Crippen LogP contribution in [0, 0.1) is 0 Å². The summed E-state index contributed by atoms with van der Waals surface area (Å²) in [4.78, 5) is 16.8. The minimum absolute atomic E-state index is 0.0585. The van der Waals surface area contributed by atoms with Crippen molar-refractivity contribution in [2.24, 2.45) is 4.99 Å². The number of para-hydroxylation sites is 1. The van der Waals surface area contributed by atoms with E-state index in [-0.39, 0.29) is 11.8 Å². The molecule has 0 spiro atoms. The topological polar surface area (TPSA) is 65.5 Å². The van der Waals surface area contributed by atoms with Gasteiger partial charge in [0, 0.05) is 31.1 Å². The minimum atomic E-state index is 0.0585. The molecule has 3 aromatic carbocycles. The number of carbonyl (C=O) groups excluding carboxylic acids is 1. The van der Waals surface area contributed by atoms with Crippen LogP contribution in [0.15, 0.2) is 71.7 Å². The number of benzene rings is 3. The van der Waals surface area contributed by atoms with Crippen molar-refractivity contribution in [1.29, 1.82) is 0 Å². The second kappa shape index (κ2) is 9.44. The predicted molar refractivity (Wildman–Crippen MR) is 124 cm³/mol. The maximum absolute atomic E-state index is 12.0. The lowest BCUT2D eigenvalue weighted by molar-refractivity contribution is -0.116. The number of nitrogens with one attached hydrogen (secondary N) is 3. The first-order valence-corrected chi connectivity index (χ1v) is 10.6. The van der Waals surface area contributed by atoms with Gasteiger partial charge in [-0.2, -0.15) is 0 Å². The van der Waals surface area contributed by atoms with Crippen LogP contribution in [0.1, 0.15) is 30.4 Å². The summed E-state index contributed by atoms with van der Waals surface area (Å²) in [6.45, 7) is 4.23. The molecule has 1 heterocycles. The van der Waals surface area contributed by atoms with E-state index in [1.54, 1.807) is 0 Å². The Morgan fingerprint density at radius 1 is 1.03 bits per heavy atom. The molecule has 0 saturated carbocycles. The van der Waals surface area contributed by atoms with Crippen LogP contribution in [0.2, 0.25) is 0 Å². The number of nitrogens with zero attached hydrogens (tertiary/aromatic N) is 1. The fourth-order valence-corrected chi connectivity index (χ4v) is 3.93. The molecule has 1 amide bonds. The molecular formula is C25H28N4O. The second-order valence-electron chi connectivity index (χ2n) is 7.61. The fraction of sp³-hybridized carbons (Fsp3) is 0.280. The van der Waals surface area contributed by atoms with E-state index in [1.165, 1.54) is 16.3 Å². The fourth-order valence-electron chi connectivity index (χ4n) is 3.93. The summed E-state index contributed by atoms with van der Waals surface area (Å²) in [5, 5.41) is 12.2. The lowest BCUT2D eigenvalue weighted by Gasteiger charge is -2.24. The van der Waals surface area contributed by atoms with Crippen molar-refractivity contribution in [3.05, 3.63) is 77.9 Å². The van der Waals surface area contributed by atoms with E-state index in [0.717, 1.165) is 36.7 Å². The molecule has 1 atom stereocenters. The van der Waals surface area contributed by atoms with Gasteiger partial charge in [-0.05, 0) is 41.3 Å². The molecule has 3 N–H and O–H groups in total. The number of anilines is 1. The van der Waals surface area contributed by atoms with Gasteiger partial charge in [-0.25, -0.2) is 0 Å². The second-order valence-corrected chi connectivity index (χ2v) is 7.61. The van der Waals surface area contributed by atoms with Crippen molar-refractivity contribution in [3.63, 3.8) is 0 Å². The number of hydrogen-bond acceptors (Lipinski definition) is 2. The zero-order chi connectivity index (χ0) is 20.8. The molecule has 5 heteroatoms. The molecule has 0 bridgehead atoms. The standard InChI is InChI=1S/C25H28N4O/c1-2-26-25(27-14-13-18-11-12-19-7-3-4-8-20(19)15-18)28-17-21-16-24(30)29-23-10-6-5-9-22(21)23/h3-12,15,21H,2,13-14,16-17H2,1H3,(H,29,30)(H2,26,27,28). The molecule has 154 valence electrons. The van der Waals surface area contributed by atoms with Crippen LogP contribution in [0.25, 0.3) is 10.8 Å². The molecule has 0 radical (unpaired) electrons. The number of rotatable bonds is 6. The van der Waals surface area contributed by atoms with E-state index in [1.807, 2.05) is 18.2 Å². The lowest BCUT2D eigenvalue weighted by atomic mass is 9.91. The highest BCUT2D eigenvalue weighted by Crippen LogP contribution is 2.31. The van der Waals surface area contributed by atoms with Crippen molar-refractivity contribution in [1.82, 2.24) is 10.6 Å². The quantitative estimate of drug-likeness (QED) is 0.432. The average Bonchev–Trinajstić information content (AvgIpc) is 2.77. The Bertz CT molecular complexity index is 1060. The number of guanidine groups is 1. The maximum atomic E-state index is 12.0. The third-order valence-corrected chi connectivity index (χ3v) is 5.44. The third-order valence-electron chi connectivity index (χ3n) is 5.44. The molecule has 5 nitrogen and oxygen atoms in total. The average molecular weight is 401 g/mol. The highest BCUT2D eigenvalue weighted by atomic mass is 16.1. The molecule has 4 rings (SSSR count). The summed E-state index contributed by atoms with van der Waals surface area (Å²) < 4.78 is 0. The molecular weight excluding hydrogens is 372 g/mol. The van der Waals surface area contributed by atoms with Crippen LogP contribution in [0.3, 0.4) is 0 Å². The number of carbonyl (C=O) groups is 1. The SMILES string of the molecule is CCNC(=NCC1CC(=O)Nc2ccccc21)NCCc1ccc2ccccc2c1. The predicted octanol–water partition coefficient (Wildman–Crippen LogP) is 4.06. The monoisotopic (exact) mass is 400 g/mol. The normalized spacial score (nSPS) is 16.1. The Morgan fingerprint density at radius 2 is 1.83 bits per heavy atom. The molecule has 0 aromatic heterocycles. The molecule has 30 heavy (non-hydrogen) atoms. The summed E-state index contributed by atoms with van der Waals surface area (Å²) in [6.07, 6.45) is 1.39. The smallest absolute Gasteiger partial charge is 0.225 e. The van der Waals surface area contributed by atoms with Gasteiger partial charge in [0.2, 0.25) is 5.91 Å². The maximum Gasteiger partial charge on any atom is 0.225 e. The van der Waals surface area contributed by atoms with Gasteiger partial charge in [0.1, 0.15) is 0 Å². The molecule has 0 aliphatic carbocycles. The summed E-state index contributed by atoms with van der Waals surface area (Å²) in [5.74, 6) is 0.954. The summed E-state index contributed by atoms with van der Waals surface area (Å²) in [7, 11) is 0. The first kappa shape index (κ1) is 20.0. The van der Waals surface area contributed by atoms with Crippen LogP contribution >= 0.6 is 0 Å². The van der Waals surface area contributed by atoms with Crippen LogP contribution in [0.5, 0.6) is 0 Å². The number of fused-ring (bicyclic) bond motifs is 2. The van der Waals surface area contributed by atoms with E-state index in [2.05, 4.69) is 71.4 Å². The van der Waals surface area contributed by atoms with Gasteiger partial charge in [-0.3, -0.25) is 9.79 Å². The van der Waals surface area contributed by atoms with Gasteiger partial charge in [-0.15, -0.1) is 0 Å². The van der Waals surface area contributed by atoms with Gasteiger partial charge < -0.3 is 16.0 Å². The van der Waals surface area contributed by atoms with E-state index in [0.29, 0.717) is 13.0 Å². The molecule has 1 aliphatic heterocycles. The lowest BCUT2D eigenvalue weighted by Crippen LogP contribution is -2.38. The van der Waals surface area contributed by atoms with Crippen molar-refractivity contribution in [3.8, 4) is 0 Å². The highest BCUT2D eigenvalue weighted by Gasteiger charge is 2.24. The first-order chi connectivity index (χ1) is 14.7. The Morgan fingerprint density at radius 3 is 2.70 bits per heavy atom. The summed E-state index contributed by atoms with van der Waals surface area (Å²) >= 11 is 0. The zero-order valence-corrected chi connectivity index (χ0v) is 17.3. The molecule has 1 unspecified atom stereocenters. The number of aliphatic imine (C=N–C) groups is 1. The van der Waals surface area contributed by atoms with E-state index in [9.17, 15) is 4.79 Å². The highest BCUT2D eigenvalue weighted by molar-refractivity contribution is 5.94. The summed E-state index contributed by atoms with van der Waals surface area (Å²) in [6, 6.07) is 23.0. The van der Waals surface area contributed by atoms with Crippen molar-refractivity contribution in [2.75, 3.05) is 25.0 Å². The van der Waals surface area contributed by atoms with Gasteiger partial charge in [-0.1, -0.05) is 60.7 Å². The van der Waals surface area contributed by atoms with Crippen LogP contribution in [-0.2, 0) is 11.2 Å². The van der Waals surface area contributed by atoms with Crippen LogP contribution in [0.4, 0.5) is 5.69 Å². The van der Waals surface area contributed by atoms with Crippen LogP contribution < -0.4 is 16.0 Å². The van der Waals surface area contributed by atoms with Crippen molar-refractivity contribution in [2.45, 2.75) is 25.7 Å². The largest absolute Gasteiger partial charge is 0.357 e. The number of amides is 1. The molecule has 3 aromatic rings. The van der Waals surface area contributed by atoms with Gasteiger partial charge in [0.15, 0.2) is 5.96 Å².